The largest absolute Gasteiger partial charge is 0.465 e. The predicted molar refractivity (Wildman–Crippen MR) is 116 cm³/mol. The fourth-order valence-corrected chi connectivity index (χ4v) is 4.08. The molecule has 3 N–H and O–H groups in total. The zero-order valence-electron chi connectivity index (χ0n) is 18.1. The third-order valence-corrected chi connectivity index (χ3v) is 5.85. The van der Waals surface area contributed by atoms with Crippen molar-refractivity contribution < 1.29 is 23.9 Å². The predicted octanol–water partition coefficient (Wildman–Crippen LogP) is 3.29. The van der Waals surface area contributed by atoms with Crippen molar-refractivity contribution in [1.82, 2.24) is 5.32 Å². The number of rotatable bonds is 7. The molecule has 1 saturated carbocycles. The number of aliphatic imine (C=N–C) groups is 1. The molecule has 31 heavy (non-hydrogen) atoms. The Kier molecular flexibility index (Phi) is 7.79. The van der Waals surface area contributed by atoms with Crippen LogP contribution in [0.2, 0.25) is 0 Å². The van der Waals surface area contributed by atoms with Crippen LogP contribution in [-0.4, -0.2) is 36.3 Å². The Morgan fingerprint density at radius 1 is 1.19 bits per heavy atom. The number of urea groups is 1. The molecular weight excluding hydrogens is 398 g/mol. The first-order valence-electron chi connectivity index (χ1n) is 11.0. The minimum Gasteiger partial charge on any atom is -0.465 e. The monoisotopic (exact) mass is 429 g/mol. The molecule has 1 aromatic rings. The van der Waals surface area contributed by atoms with Gasteiger partial charge < -0.3 is 20.5 Å². The van der Waals surface area contributed by atoms with Crippen molar-refractivity contribution in [3.8, 4) is 5.75 Å². The molecule has 1 aromatic carbocycles. The molecule has 1 aliphatic heterocycles. The van der Waals surface area contributed by atoms with E-state index in [0.717, 1.165) is 12.8 Å². The van der Waals surface area contributed by atoms with Crippen LogP contribution in [0.3, 0.4) is 0 Å². The number of ether oxygens (including phenoxy) is 2. The van der Waals surface area contributed by atoms with Gasteiger partial charge in [-0.25, -0.2) is 14.6 Å². The second kappa shape index (κ2) is 10.5. The first-order chi connectivity index (χ1) is 14.9. The number of benzene rings is 1. The van der Waals surface area contributed by atoms with Gasteiger partial charge in [0.25, 0.3) is 0 Å². The average Bonchev–Trinajstić information content (AvgIpc) is 2.78. The fraction of sp³-hybridized carbons (Fsp3) is 0.565. The summed E-state index contributed by atoms with van der Waals surface area (Å²) in [5, 5.41) is 2.79. The summed E-state index contributed by atoms with van der Waals surface area (Å²) >= 11 is 0. The van der Waals surface area contributed by atoms with E-state index >= 15 is 0 Å². The maximum atomic E-state index is 13.1. The molecule has 0 bridgehead atoms. The molecule has 1 aliphatic carbocycles. The molecule has 1 fully saturated rings. The molecule has 0 aromatic heterocycles. The third-order valence-electron chi connectivity index (χ3n) is 5.85. The summed E-state index contributed by atoms with van der Waals surface area (Å²) in [6.07, 6.45) is 6.21. The van der Waals surface area contributed by atoms with Gasteiger partial charge in [0.05, 0.1) is 12.6 Å². The van der Waals surface area contributed by atoms with E-state index in [1.165, 1.54) is 19.3 Å². The van der Waals surface area contributed by atoms with E-state index in [9.17, 15) is 14.4 Å². The average molecular weight is 430 g/mol. The summed E-state index contributed by atoms with van der Waals surface area (Å²) in [6, 6.07) is 4.85. The number of amides is 2. The van der Waals surface area contributed by atoms with Crippen molar-refractivity contribution in [3.05, 3.63) is 29.8 Å². The normalized spacial score (nSPS) is 22.8. The number of hydrogen-bond acceptors (Lipinski definition) is 6. The quantitative estimate of drug-likeness (QED) is 0.507. The fourth-order valence-electron chi connectivity index (χ4n) is 4.08. The van der Waals surface area contributed by atoms with Crippen LogP contribution in [0.15, 0.2) is 29.3 Å². The van der Waals surface area contributed by atoms with Crippen LogP contribution < -0.4 is 15.8 Å². The van der Waals surface area contributed by atoms with Gasteiger partial charge in [0.2, 0.25) is 0 Å². The van der Waals surface area contributed by atoms with Crippen LogP contribution in [0.5, 0.6) is 5.75 Å². The maximum Gasteiger partial charge on any atom is 0.341 e. The topological polar surface area (TPSA) is 120 Å². The van der Waals surface area contributed by atoms with Crippen LogP contribution >= 0.6 is 0 Å². The standard InChI is InChI=1S/C23H31N3O5/c1-3-18-19(22(28)30-13-15-7-5-4-6-8-15)20(26-23(29)25-18)16-9-11-17(12-10-16)31-21(27)14(2)24/h9-12,14-15,19-20H,3-8,13,24H2,1-2H3,(H,26,29). The molecule has 2 amide bonds. The number of carbonyl (C=O) groups excluding carboxylic acids is 3. The molecule has 0 radical (unpaired) electrons. The van der Waals surface area contributed by atoms with Crippen LogP contribution in [-0.2, 0) is 14.3 Å². The Balaban J connectivity index is 1.76. The highest BCUT2D eigenvalue weighted by Crippen LogP contribution is 2.31. The summed E-state index contributed by atoms with van der Waals surface area (Å²) in [6.45, 7) is 3.81. The molecule has 0 spiro atoms. The summed E-state index contributed by atoms with van der Waals surface area (Å²) in [7, 11) is 0. The van der Waals surface area contributed by atoms with Gasteiger partial charge in [-0.1, -0.05) is 38.3 Å². The molecule has 3 unspecified atom stereocenters. The summed E-state index contributed by atoms with van der Waals surface area (Å²) in [5.41, 5.74) is 6.74. The summed E-state index contributed by atoms with van der Waals surface area (Å²) in [5.74, 6) is -0.861. The lowest BCUT2D eigenvalue weighted by molar-refractivity contribution is -0.148. The van der Waals surface area contributed by atoms with E-state index in [1.54, 1.807) is 31.2 Å². The van der Waals surface area contributed by atoms with E-state index in [4.69, 9.17) is 15.2 Å². The Morgan fingerprint density at radius 3 is 2.48 bits per heavy atom. The lowest BCUT2D eigenvalue weighted by Gasteiger charge is -2.31. The van der Waals surface area contributed by atoms with Crippen molar-refractivity contribution >= 4 is 23.7 Å². The van der Waals surface area contributed by atoms with Crippen molar-refractivity contribution in [2.75, 3.05) is 6.61 Å². The number of hydrogen-bond donors (Lipinski definition) is 2. The van der Waals surface area contributed by atoms with Crippen LogP contribution in [0, 0.1) is 11.8 Å². The molecule has 2 aliphatic rings. The van der Waals surface area contributed by atoms with Crippen molar-refractivity contribution in [3.63, 3.8) is 0 Å². The van der Waals surface area contributed by atoms with Gasteiger partial charge in [0.1, 0.15) is 17.7 Å². The first kappa shape index (κ1) is 22.9. The van der Waals surface area contributed by atoms with Gasteiger partial charge in [-0.2, -0.15) is 0 Å². The number of esters is 2. The zero-order chi connectivity index (χ0) is 22.4. The summed E-state index contributed by atoms with van der Waals surface area (Å²) < 4.78 is 10.9. The van der Waals surface area contributed by atoms with Gasteiger partial charge in [-0.15, -0.1) is 0 Å². The number of nitrogens with two attached hydrogens (primary N) is 1. The zero-order valence-corrected chi connectivity index (χ0v) is 18.1. The molecule has 1 heterocycles. The molecule has 3 atom stereocenters. The Morgan fingerprint density at radius 2 is 1.87 bits per heavy atom. The Hall–Kier alpha value is -2.74. The van der Waals surface area contributed by atoms with E-state index in [1.807, 2.05) is 6.92 Å². The van der Waals surface area contributed by atoms with Crippen molar-refractivity contribution in [2.45, 2.75) is 64.5 Å². The van der Waals surface area contributed by atoms with Gasteiger partial charge in [0, 0.05) is 5.71 Å². The molecular formula is C23H31N3O5. The Bertz CT molecular complexity index is 828. The van der Waals surface area contributed by atoms with E-state index in [2.05, 4.69) is 10.3 Å². The number of nitrogens with one attached hydrogen (secondary N) is 1. The second-order valence-electron chi connectivity index (χ2n) is 8.27. The minimum absolute atomic E-state index is 0.342. The van der Waals surface area contributed by atoms with Gasteiger partial charge >= 0.3 is 18.0 Å². The van der Waals surface area contributed by atoms with E-state index < -0.39 is 30.0 Å². The van der Waals surface area contributed by atoms with Crippen molar-refractivity contribution in [2.24, 2.45) is 22.6 Å². The van der Waals surface area contributed by atoms with Crippen LogP contribution in [0.25, 0.3) is 0 Å². The highest BCUT2D eigenvalue weighted by molar-refractivity contribution is 6.09. The van der Waals surface area contributed by atoms with Crippen LogP contribution in [0.1, 0.15) is 64.0 Å². The second-order valence-corrected chi connectivity index (χ2v) is 8.27. The first-order valence-corrected chi connectivity index (χ1v) is 11.0. The summed E-state index contributed by atoms with van der Waals surface area (Å²) in [4.78, 5) is 40.9. The third kappa shape index (κ3) is 5.91. The van der Waals surface area contributed by atoms with Gasteiger partial charge in [0.15, 0.2) is 0 Å². The highest BCUT2D eigenvalue weighted by Gasteiger charge is 2.39. The number of carbonyl (C=O) groups is 3. The molecule has 0 saturated heterocycles. The minimum atomic E-state index is -0.732. The Labute approximate surface area is 182 Å². The van der Waals surface area contributed by atoms with Crippen LogP contribution in [0.4, 0.5) is 4.79 Å². The molecule has 3 rings (SSSR count). The molecule has 168 valence electrons. The lowest BCUT2D eigenvalue weighted by atomic mass is 9.86. The molecule has 8 heteroatoms. The number of nitrogens with zero attached hydrogens (tertiary/aromatic N) is 1. The maximum absolute atomic E-state index is 13.1. The smallest absolute Gasteiger partial charge is 0.341 e. The SMILES string of the molecule is CCC1=NC(=O)NC(c2ccc(OC(=O)C(C)N)cc2)C1C(=O)OCC1CCCCC1. The van der Waals surface area contributed by atoms with Crippen molar-refractivity contribution in [1.29, 1.82) is 0 Å². The highest BCUT2D eigenvalue weighted by atomic mass is 16.5. The lowest BCUT2D eigenvalue weighted by Crippen LogP contribution is -2.45. The van der Waals surface area contributed by atoms with E-state index in [-0.39, 0.29) is 5.97 Å². The van der Waals surface area contributed by atoms with Gasteiger partial charge in [-0.05, 0) is 49.8 Å². The van der Waals surface area contributed by atoms with E-state index in [0.29, 0.717) is 36.0 Å². The molecule has 8 nitrogen and oxygen atoms in total. The van der Waals surface area contributed by atoms with Gasteiger partial charge in [-0.3, -0.25) is 4.79 Å².